The number of nitrogens with zero attached hydrogens (tertiary/aromatic N) is 3. The van der Waals surface area contributed by atoms with Gasteiger partial charge in [0.25, 0.3) is 0 Å². The first-order chi connectivity index (χ1) is 7.91. The van der Waals surface area contributed by atoms with Crippen molar-refractivity contribution in [2.24, 2.45) is 15.7 Å². The second-order valence-corrected chi connectivity index (χ2v) is 6.21. The van der Waals surface area contributed by atoms with Gasteiger partial charge in [0.05, 0.1) is 0 Å². The highest BCUT2D eigenvalue weighted by Gasteiger charge is 2.37. The van der Waals surface area contributed by atoms with Crippen molar-refractivity contribution in [3.63, 3.8) is 0 Å². The Kier molecular flexibility index (Phi) is 3.36. The molecule has 0 aromatic heterocycles. The van der Waals surface area contributed by atoms with Crippen LogP contribution in [0.2, 0.25) is 0 Å². The second kappa shape index (κ2) is 4.49. The fourth-order valence-electron chi connectivity index (χ4n) is 1.84. The maximum absolute atomic E-state index is 5.78. The van der Waals surface area contributed by atoms with Crippen LogP contribution in [0.4, 0.5) is 0 Å². The first-order valence-corrected chi connectivity index (χ1v) is 7.15. The van der Waals surface area contributed by atoms with Gasteiger partial charge < -0.3 is 10.6 Å². The molecule has 1 aliphatic heterocycles. The van der Waals surface area contributed by atoms with E-state index in [1.54, 1.807) is 11.8 Å². The van der Waals surface area contributed by atoms with Crippen molar-refractivity contribution in [1.29, 1.82) is 0 Å². The van der Waals surface area contributed by atoms with E-state index in [4.69, 9.17) is 5.73 Å². The molecule has 1 saturated carbocycles. The third-order valence-corrected chi connectivity index (χ3v) is 3.44. The van der Waals surface area contributed by atoms with Crippen LogP contribution in [0.5, 0.6) is 0 Å². The Bertz CT molecular complexity index is 353. The summed E-state index contributed by atoms with van der Waals surface area (Å²) in [6, 6.07) is 0.586. The van der Waals surface area contributed by atoms with Crippen LogP contribution in [0.25, 0.3) is 0 Å². The molecule has 6 heteroatoms. The molecule has 0 aromatic carbocycles. The zero-order valence-electron chi connectivity index (χ0n) is 10.9. The van der Waals surface area contributed by atoms with E-state index in [0.29, 0.717) is 12.0 Å². The van der Waals surface area contributed by atoms with Crippen LogP contribution >= 0.6 is 11.8 Å². The van der Waals surface area contributed by atoms with E-state index < -0.39 is 0 Å². The van der Waals surface area contributed by atoms with Gasteiger partial charge in [-0.2, -0.15) is 4.99 Å². The summed E-state index contributed by atoms with van der Waals surface area (Å²) in [5.41, 5.74) is 5.75. The second-order valence-electron chi connectivity index (χ2n) is 5.44. The monoisotopic (exact) mass is 255 g/mol. The van der Waals surface area contributed by atoms with E-state index >= 15 is 0 Å². The summed E-state index contributed by atoms with van der Waals surface area (Å²) in [6.07, 6.45) is 4.40. The Hall–Kier alpha value is -0.750. The molecule has 3 N–H and O–H groups in total. The minimum atomic E-state index is -0.0811. The molecule has 1 atom stereocenters. The van der Waals surface area contributed by atoms with E-state index in [1.807, 2.05) is 6.26 Å². The van der Waals surface area contributed by atoms with Gasteiger partial charge in [-0.05, 0) is 39.9 Å². The van der Waals surface area contributed by atoms with Crippen LogP contribution in [0.3, 0.4) is 0 Å². The molecule has 0 bridgehead atoms. The number of nitrogens with two attached hydrogens (primary N) is 1. The van der Waals surface area contributed by atoms with Crippen LogP contribution in [0.1, 0.15) is 33.6 Å². The smallest absolute Gasteiger partial charge is 0.221 e. The molecule has 5 nitrogen and oxygen atoms in total. The van der Waals surface area contributed by atoms with Crippen molar-refractivity contribution >= 4 is 22.9 Å². The van der Waals surface area contributed by atoms with E-state index in [-0.39, 0.29) is 11.8 Å². The third kappa shape index (κ3) is 2.93. The fourth-order valence-corrected chi connectivity index (χ4v) is 2.59. The van der Waals surface area contributed by atoms with Gasteiger partial charge in [-0.3, -0.25) is 5.32 Å². The summed E-state index contributed by atoms with van der Waals surface area (Å²) in [7, 11) is 0. The van der Waals surface area contributed by atoms with E-state index in [0.717, 1.165) is 5.17 Å². The lowest BCUT2D eigenvalue weighted by Gasteiger charge is -2.43. The first kappa shape index (κ1) is 12.7. The lowest BCUT2D eigenvalue weighted by atomic mass is 10.1. The summed E-state index contributed by atoms with van der Waals surface area (Å²) in [6.45, 7) is 6.49. The number of thioether (sulfide) groups is 1. The van der Waals surface area contributed by atoms with Gasteiger partial charge in [0.15, 0.2) is 11.5 Å². The maximum atomic E-state index is 5.78. The third-order valence-electron chi connectivity index (χ3n) is 2.78. The van der Waals surface area contributed by atoms with Gasteiger partial charge in [-0.25, -0.2) is 4.99 Å². The van der Waals surface area contributed by atoms with E-state index in [2.05, 4.69) is 41.0 Å². The molecule has 0 spiro atoms. The normalized spacial score (nSPS) is 25.6. The highest BCUT2D eigenvalue weighted by molar-refractivity contribution is 8.13. The van der Waals surface area contributed by atoms with Crippen molar-refractivity contribution < 1.29 is 0 Å². The molecular weight excluding hydrogens is 234 g/mol. The van der Waals surface area contributed by atoms with E-state index in [9.17, 15) is 0 Å². The average Bonchev–Trinajstić information content (AvgIpc) is 2.98. The number of nitrogens with one attached hydrogen (secondary N) is 1. The fraction of sp³-hybridized carbons (Fsp3) is 0.818. The lowest BCUT2D eigenvalue weighted by Crippen LogP contribution is -2.58. The molecule has 1 aliphatic carbocycles. The summed E-state index contributed by atoms with van der Waals surface area (Å²) in [5.74, 6) is 0.369. The molecular formula is C11H21N5S. The summed E-state index contributed by atoms with van der Waals surface area (Å²) in [4.78, 5) is 10.9. The highest BCUT2D eigenvalue weighted by Crippen LogP contribution is 2.27. The van der Waals surface area contributed by atoms with Crippen molar-refractivity contribution in [2.45, 2.75) is 51.5 Å². The topological polar surface area (TPSA) is 66.0 Å². The van der Waals surface area contributed by atoms with Gasteiger partial charge in [0.1, 0.15) is 0 Å². The number of aliphatic imine (C=N–C) groups is 2. The predicted octanol–water partition coefficient (Wildman–Crippen LogP) is 1.17. The summed E-state index contributed by atoms with van der Waals surface area (Å²) < 4.78 is 0. The molecule has 0 aromatic rings. The van der Waals surface area contributed by atoms with Crippen LogP contribution in [-0.4, -0.2) is 40.2 Å². The maximum Gasteiger partial charge on any atom is 0.221 e. The zero-order valence-corrected chi connectivity index (χ0v) is 11.7. The molecule has 1 heterocycles. The SMILES string of the molecule is CSC1=NC(N)=NC(NC2CC2)N1C(C)(C)C. The first-order valence-electron chi connectivity index (χ1n) is 5.93. The van der Waals surface area contributed by atoms with Gasteiger partial charge >= 0.3 is 0 Å². The number of hydrogen-bond donors (Lipinski definition) is 2. The van der Waals surface area contributed by atoms with Gasteiger partial charge in [0, 0.05) is 11.6 Å². The minimum Gasteiger partial charge on any atom is -0.368 e. The number of amidine groups is 1. The van der Waals surface area contributed by atoms with Crippen LogP contribution in [0, 0.1) is 0 Å². The number of rotatable bonds is 2. The molecule has 0 radical (unpaired) electrons. The Morgan fingerprint density at radius 1 is 1.41 bits per heavy atom. The van der Waals surface area contributed by atoms with Crippen molar-refractivity contribution in [3.05, 3.63) is 0 Å². The van der Waals surface area contributed by atoms with Crippen LogP contribution in [0.15, 0.2) is 9.98 Å². The predicted molar refractivity (Wildman–Crippen MR) is 74.1 cm³/mol. The number of hydrogen-bond acceptors (Lipinski definition) is 6. The average molecular weight is 255 g/mol. The van der Waals surface area contributed by atoms with Crippen LogP contribution in [-0.2, 0) is 0 Å². The quantitative estimate of drug-likeness (QED) is 0.777. The summed E-state index contributed by atoms with van der Waals surface area (Å²) in [5, 5.41) is 4.44. The molecule has 2 aliphatic rings. The molecule has 96 valence electrons. The Labute approximate surface area is 107 Å². The molecule has 2 rings (SSSR count). The van der Waals surface area contributed by atoms with Gasteiger partial charge in [-0.1, -0.05) is 11.8 Å². The van der Waals surface area contributed by atoms with Crippen molar-refractivity contribution in [1.82, 2.24) is 10.2 Å². The van der Waals surface area contributed by atoms with E-state index in [1.165, 1.54) is 12.8 Å². The lowest BCUT2D eigenvalue weighted by molar-refractivity contribution is 0.154. The molecule has 0 saturated heterocycles. The molecule has 0 amide bonds. The van der Waals surface area contributed by atoms with Crippen molar-refractivity contribution in [3.8, 4) is 0 Å². The summed E-state index contributed by atoms with van der Waals surface area (Å²) >= 11 is 1.61. The molecule has 1 fully saturated rings. The highest BCUT2D eigenvalue weighted by atomic mass is 32.2. The number of guanidine groups is 1. The Morgan fingerprint density at radius 2 is 2.06 bits per heavy atom. The molecule has 17 heavy (non-hydrogen) atoms. The van der Waals surface area contributed by atoms with Gasteiger partial charge in [0.2, 0.25) is 5.96 Å². The molecule has 1 unspecified atom stereocenters. The Balaban J connectivity index is 2.24. The van der Waals surface area contributed by atoms with Gasteiger partial charge in [-0.15, -0.1) is 0 Å². The minimum absolute atomic E-state index is 0.0292. The van der Waals surface area contributed by atoms with Crippen molar-refractivity contribution in [2.75, 3.05) is 6.26 Å². The van der Waals surface area contributed by atoms with Crippen LogP contribution < -0.4 is 11.1 Å². The Morgan fingerprint density at radius 3 is 2.53 bits per heavy atom. The standard InChI is InChI=1S/C11H21N5S/c1-11(2,3)16-9(13-7-5-6-7)14-8(12)15-10(16)17-4/h7,9,13H,5-6H2,1-4H3,(H2,12,14). The zero-order chi connectivity index (χ0) is 12.6. The largest absolute Gasteiger partial charge is 0.368 e.